The van der Waals surface area contributed by atoms with Gasteiger partial charge >= 0.3 is 5.97 Å². The maximum Gasteiger partial charge on any atom is 0.326 e. The summed E-state index contributed by atoms with van der Waals surface area (Å²) in [5.41, 5.74) is 1.41. The zero-order valence-corrected chi connectivity index (χ0v) is 15.4. The molecule has 2 N–H and O–H groups in total. The van der Waals surface area contributed by atoms with Gasteiger partial charge in [0.15, 0.2) is 5.69 Å². The lowest BCUT2D eigenvalue weighted by Gasteiger charge is -2.19. The van der Waals surface area contributed by atoms with E-state index in [4.69, 9.17) is 0 Å². The van der Waals surface area contributed by atoms with E-state index >= 15 is 0 Å². The van der Waals surface area contributed by atoms with Gasteiger partial charge in [-0.1, -0.05) is 37.6 Å². The number of amides is 1. The molecule has 140 valence electrons. The Morgan fingerprint density at radius 3 is 2.78 bits per heavy atom. The lowest BCUT2D eigenvalue weighted by molar-refractivity contribution is -0.140. The SMILES string of the molecule is CCC(C)C(NC(=O)c1nnn(-c2cccc3cnccc23)c1C)C(=O)O. The summed E-state index contributed by atoms with van der Waals surface area (Å²) in [7, 11) is 0. The van der Waals surface area contributed by atoms with Crippen LogP contribution in [0.5, 0.6) is 0 Å². The minimum absolute atomic E-state index is 0.107. The average Bonchev–Trinajstić information content (AvgIpc) is 3.06. The van der Waals surface area contributed by atoms with Crippen LogP contribution in [0.1, 0.15) is 36.5 Å². The van der Waals surface area contributed by atoms with Gasteiger partial charge in [-0.15, -0.1) is 5.10 Å². The van der Waals surface area contributed by atoms with Crippen LogP contribution in [0.2, 0.25) is 0 Å². The normalized spacial score (nSPS) is 13.3. The van der Waals surface area contributed by atoms with E-state index in [0.29, 0.717) is 12.1 Å². The Balaban J connectivity index is 1.95. The minimum Gasteiger partial charge on any atom is -0.480 e. The summed E-state index contributed by atoms with van der Waals surface area (Å²) < 4.78 is 1.58. The summed E-state index contributed by atoms with van der Waals surface area (Å²) in [6, 6.07) is 6.59. The second kappa shape index (κ2) is 7.53. The van der Waals surface area contributed by atoms with Gasteiger partial charge in [0.1, 0.15) is 6.04 Å². The first-order chi connectivity index (χ1) is 12.9. The predicted octanol–water partition coefficient (Wildman–Crippen LogP) is 2.35. The third kappa shape index (κ3) is 3.51. The van der Waals surface area contributed by atoms with Gasteiger partial charge in [0, 0.05) is 23.2 Å². The molecule has 0 aliphatic rings. The smallest absolute Gasteiger partial charge is 0.326 e. The van der Waals surface area contributed by atoms with E-state index in [1.807, 2.05) is 31.2 Å². The van der Waals surface area contributed by atoms with Crippen molar-refractivity contribution in [2.24, 2.45) is 5.92 Å². The number of nitrogens with zero attached hydrogens (tertiary/aromatic N) is 4. The van der Waals surface area contributed by atoms with Crippen molar-refractivity contribution in [2.45, 2.75) is 33.2 Å². The summed E-state index contributed by atoms with van der Waals surface area (Å²) in [5, 5.41) is 21.9. The number of pyridine rings is 1. The number of aromatic nitrogens is 4. The molecule has 2 aromatic heterocycles. The van der Waals surface area contributed by atoms with Crippen LogP contribution >= 0.6 is 0 Å². The van der Waals surface area contributed by atoms with Gasteiger partial charge in [-0.3, -0.25) is 9.78 Å². The van der Waals surface area contributed by atoms with Gasteiger partial charge in [-0.25, -0.2) is 9.48 Å². The van der Waals surface area contributed by atoms with Gasteiger partial charge in [0.25, 0.3) is 5.91 Å². The van der Waals surface area contributed by atoms with Crippen molar-refractivity contribution in [1.29, 1.82) is 0 Å². The maximum absolute atomic E-state index is 12.6. The Labute approximate surface area is 156 Å². The Bertz CT molecular complexity index is 993. The zero-order chi connectivity index (χ0) is 19.6. The molecule has 1 aromatic carbocycles. The number of nitrogens with one attached hydrogen (secondary N) is 1. The van der Waals surface area contributed by atoms with E-state index in [9.17, 15) is 14.7 Å². The molecule has 8 heteroatoms. The highest BCUT2D eigenvalue weighted by Crippen LogP contribution is 2.22. The summed E-state index contributed by atoms with van der Waals surface area (Å²) in [4.78, 5) is 28.2. The molecule has 2 unspecified atom stereocenters. The van der Waals surface area contributed by atoms with E-state index in [-0.39, 0.29) is 11.6 Å². The van der Waals surface area contributed by atoms with Crippen LogP contribution in [0.4, 0.5) is 0 Å². The molecule has 2 atom stereocenters. The number of carboxylic acid groups (broad SMARTS) is 1. The van der Waals surface area contributed by atoms with E-state index in [2.05, 4.69) is 20.6 Å². The molecule has 0 bridgehead atoms. The number of carboxylic acids is 1. The Morgan fingerprint density at radius 2 is 2.07 bits per heavy atom. The fourth-order valence-corrected chi connectivity index (χ4v) is 2.95. The molecule has 27 heavy (non-hydrogen) atoms. The standard InChI is InChI=1S/C19H21N5O3/c1-4-11(2)16(19(26)27)21-18(25)17-12(3)24(23-22-17)15-7-5-6-13-10-20-9-8-14(13)15/h5-11,16H,4H2,1-3H3,(H,21,25)(H,26,27). The molecular weight excluding hydrogens is 346 g/mol. The maximum atomic E-state index is 12.6. The number of hydrogen-bond donors (Lipinski definition) is 2. The van der Waals surface area contributed by atoms with Crippen LogP contribution in [-0.2, 0) is 4.79 Å². The molecule has 0 saturated carbocycles. The third-order valence-electron chi connectivity index (χ3n) is 4.76. The number of carbonyl (C=O) groups excluding carboxylic acids is 1. The highest BCUT2D eigenvalue weighted by atomic mass is 16.4. The third-order valence-corrected chi connectivity index (χ3v) is 4.76. The molecule has 0 radical (unpaired) electrons. The van der Waals surface area contributed by atoms with E-state index in [0.717, 1.165) is 16.5 Å². The van der Waals surface area contributed by atoms with E-state index in [1.54, 1.807) is 30.9 Å². The molecule has 1 amide bonds. The molecular formula is C19H21N5O3. The van der Waals surface area contributed by atoms with Crippen LogP contribution in [-0.4, -0.2) is 43.0 Å². The first-order valence-electron chi connectivity index (χ1n) is 8.73. The van der Waals surface area contributed by atoms with Crippen molar-refractivity contribution in [2.75, 3.05) is 0 Å². The summed E-state index contributed by atoms with van der Waals surface area (Å²) in [6.07, 6.45) is 4.07. The Hall–Kier alpha value is -3.29. The quantitative estimate of drug-likeness (QED) is 0.692. The van der Waals surface area contributed by atoms with Crippen molar-refractivity contribution in [3.05, 3.63) is 48.0 Å². The van der Waals surface area contributed by atoms with Crippen LogP contribution in [0.15, 0.2) is 36.7 Å². The Kier molecular flexibility index (Phi) is 5.16. The fourth-order valence-electron chi connectivity index (χ4n) is 2.95. The van der Waals surface area contributed by atoms with E-state index in [1.165, 1.54) is 0 Å². The number of rotatable bonds is 6. The van der Waals surface area contributed by atoms with E-state index < -0.39 is 17.9 Å². The molecule has 0 fully saturated rings. The topological polar surface area (TPSA) is 110 Å². The first-order valence-corrected chi connectivity index (χ1v) is 8.73. The van der Waals surface area contributed by atoms with Crippen LogP contribution in [0, 0.1) is 12.8 Å². The molecule has 0 saturated heterocycles. The van der Waals surface area contributed by atoms with Gasteiger partial charge in [0.05, 0.1) is 11.4 Å². The van der Waals surface area contributed by atoms with Crippen molar-refractivity contribution >= 4 is 22.6 Å². The summed E-state index contributed by atoms with van der Waals surface area (Å²) >= 11 is 0. The lowest BCUT2D eigenvalue weighted by atomic mass is 9.99. The molecule has 8 nitrogen and oxygen atoms in total. The molecule has 3 aromatic rings. The zero-order valence-electron chi connectivity index (χ0n) is 15.4. The number of carbonyl (C=O) groups is 2. The highest BCUT2D eigenvalue weighted by Gasteiger charge is 2.28. The molecule has 2 heterocycles. The second-order valence-corrected chi connectivity index (χ2v) is 6.48. The first kappa shape index (κ1) is 18.5. The van der Waals surface area contributed by atoms with Gasteiger partial charge < -0.3 is 10.4 Å². The minimum atomic E-state index is -1.07. The van der Waals surface area contributed by atoms with Gasteiger partial charge in [0.2, 0.25) is 0 Å². The van der Waals surface area contributed by atoms with Gasteiger partial charge in [-0.05, 0) is 25.0 Å². The summed E-state index contributed by atoms with van der Waals surface area (Å²) in [6.45, 7) is 5.39. The van der Waals surface area contributed by atoms with Crippen LogP contribution in [0.25, 0.3) is 16.5 Å². The molecule has 0 spiro atoms. The number of hydrogen-bond acceptors (Lipinski definition) is 5. The predicted molar refractivity (Wildman–Crippen MR) is 99.7 cm³/mol. The largest absolute Gasteiger partial charge is 0.480 e. The van der Waals surface area contributed by atoms with Crippen LogP contribution in [0.3, 0.4) is 0 Å². The van der Waals surface area contributed by atoms with Crippen molar-refractivity contribution in [1.82, 2.24) is 25.3 Å². The lowest BCUT2D eigenvalue weighted by Crippen LogP contribution is -2.45. The summed E-state index contributed by atoms with van der Waals surface area (Å²) in [5.74, 6) is -1.81. The average molecular weight is 367 g/mol. The van der Waals surface area contributed by atoms with Crippen molar-refractivity contribution in [3.8, 4) is 5.69 Å². The molecule has 0 aliphatic heterocycles. The molecule has 3 rings (SSSR count). The number of benzene rings is 1. The number of aliphatic carboxylic acids is 1. The number of fused-ring (bicyclic) bond motifs is 1. The van der Waals surface area contributed by atoms with Crippen LogP contribution < -0.4 is 5.32 Å². The molecule has 0 aliphatic carbocycles. The monoisotopic (exact) mass is 367 g/mol. The highest BCUT2D eigenvalue weighted by molar-refractivity contribution is 5.96. The van der Waals surface area contributed by atoms with Crippen molar-refractivity contribution in [3.63, 3.8) is 0 Å². The fraction of sp³-hybridized carbons (Fsp3) is 0.316. The Morgan fingerprint density at radius 1 is 1.30 bits per heavy atom. The van der Waals surface area contributed by atoms with Gasteiger partial charge in [-0.2, -0.15) is 0 Å². The van der Waals surface area contributed by atoms with Crippen molar-refractivity contribution < 1.29 is 14.7 Å². The second-order valence-electron chi connectivity index (χ2n) is 6.48.